The van der Waals surface area contributed by atoms with Crippen LogP contribution in [0.25, 0.3) is 0 Å². The number of nitrogens with zero attached hydrogens (tertiary/aromatic N) is 2. The molecule has 1 unspecified atom stereocenters. The zero-order valence-electron chi connectivity index (χ0n) is 14.0. The van der Waals surface area contributed by atoms with Crippen LogP contribution in [-0.4, -0.2) is 42.6 Å². The molecular weight excluding hydrogens is 403 g/mol. The van der Waals surface area contributed by atoms with Crippen LogP contribution in [0.4, 0.5) is 0 Å². The molecule has 1 aliphatic carbocycles. The van der Waals surface area contributed by atoms with E-state index in [1.165, 1.54) is 38.6 Å². The Labute approximate surface area is 156 Å². The van der Waals surface area contributed by atoms with E-state index in [9.17, 15) is 0 Å². The topological polar surface area (TPSA) is 52.8 Å². The maximum Gasteiger partial charge on any atom is 0.191 e. The lowest BCUT2D eigenvalue weighted by Gasteiger charge is -2.24. The largest absolute Gasteiger partial charge is 0.467 e. The summed E-state index contributed by atoms with van der Waals surface area (Å²) in [4.78, 5) is 7.29. The number of furan rings is 1. The number of nitrogens with one attached hydrogen (secondary N) is 2. The van der Waals surface area contributed by atoms with E-state index in [1.807, 2.05) is 12.1 Å². The predicted octanol–water partition coefficient (Wildman–Crippen LogP) is 2.97. The van der Waals surface area contributed by atoms with Gasteiger partial charge in [-0.25, -0.2) is 4.99 Å². The number of rotatable bonds is 5. The molecule has 3 rings (SSSR count). The molecule has 0 radical (unpaired) electrons. The molecule has 0 spiro atoms. The molecule has 2 aliphatic rings. The Bertz CT molecular complexity index is 471. The SMILES string of the molecule is CCNC(=NCc1ccco1)NC1CCN(C2CCCC2)C1.I. The quantitative estimate of drug-likeness (QED) is 0.427. The molecule has 1 saturated heterocycles. The lowest BCUT2D eigenvalue weighted by molar-refractivity contribution is 0.242. The van der Waals surface area contributed by atoms with E-state index in [2.05, 4.69) is 27.4 Å². The fraction of sp³-hybridized carbons (Fsp3) is 0.706. The molecule has 1 aromatic heterocycles. The number of halogens is 1. The maximum atomic E-state index is 5.35. The fourth-order valence-corrected chi connectivity index (χ4v) is 3.58. The van der Waals surface area contributed by atoms with Gasteiger partial charge in [0, 0.05) is 31.7 Å². The molecule has 0 aromatic carbocycles. The van der Waals surface area contributed by atoms with Gasteiger partial charge in [0.25, 0.3) is 0 Å². The molecule has 6 heteroatoms. The third kappa shape index (κ3) is 5.38. The molecule has 2 heterocycles. The smallest absolute Gasteiger partial charge is 0.191 e. The van der Waals surface area contributed by atoms with Gasteiger partial charge in [0.05, 0.1) is 6.26 Å². The highest BCUT2D eigenvalue weighted by molar-refractivity contribution is 14.0. The zero-order valence-corrected chi connectivity index (χ0v) is 16.3. The number of aliphatic imine (C=N–C) groups is 1. The van der Waals surface area contributed by atoms with Gasteiger partial charge in [-0.15, -0.1) is 24.0 Å². The van der Waals surface area contributed by atoms with Crippen LogP contribution in [0, 0.1) is 0 Å². The van der Waals surface area contributed by atoms with Gasteiger partial charge < -0.3 is 15.1 Å². The van der Waals surface area contributed by atoms with Crippen LogP contribution < -0.4 is 10.6 Å². The van der Waals surface area contributed by atoms with Gasteiger partial charge in [0.1, 0.15) is 12.3 Å². The van der Waals surface area contributed by atoms with Crippen molar-refractivity contribution in [3.8, 4) is 0 Å². The molecule has 1 aliphatic heterocycles. The first-order chi connectivity index (χ1) is 10.8. The van der Waals surface area contributed by atoms with Crippen LogP contribution in [0.5, 0.6) is 0 Å². The Balaban J connectivity index is 0.00000192. The monoisotopic (exact) mass is 432 g/mol. The first-order valence-corrected chi connectivity index (χ1v) is 8.66. The molecular formula is C17H29IN4O. The third-order valence-electron chi connectivity index (χ3n) is 4.72. The summed E-state index contributed by atoms with van der Waals surface area (Å²) in [6, 6.07) is 5.20. The predicted molar refractivity (Wildman–Crippen MR) is 104 cm³/mol. The molecule has 5 nitrogen and oxygen atoms in total. The van der Waals surface area contributed by atoms with Crippen LogP contribution in [-0.2, 0) is 6.54 Å². The molecule has 0 bridgehead atoms. The highest BCUT2D eigenvalue weighted by Crippen LogP contribution is 2.26. The Morgan fingerprint density at radius 2 is 2.17 bits per heavy atom. The zero-order chi connectivity index (χ0) is 15.2. The maximum absolute atomic E-state index is 5.35. The second kappa shape index (κ2) is 9.52. The molecule has 130 valence electrons. The molecule has 1 saturated carbocycles. The van der Waals surface area contributed by atoms with E-state index < -0.39 is 0 Å². The van der Waals surface area contributed by atoms with Crippen molar-refractivity contribution in [1.82, 2.24) is 15.5 Å². The van der Waals surface area contributed by atoms with E-state index in [0.717, 1.165) is 30.9 Å². The number of likely N-dealkylation sites (tertiary alicyclic amines) is 1. The second-order valence-corrected chi connectivity index (χ2v) is 6.34. The van der Waals surface area contributed by atoms with Gasteiger partial charge in [-0.3, -0.25) is 4.90 Å². The molecule has 1 atom stereocenters. The summed E-state index contributed by atoms with van der Waals surface area (Å²) in [5, 5.41) is 6.92. The minimum Gasteiger partial charge on any atom is -0.467 e. The van der Waals surface area contributed by atoms with Gasteiger partial charge in [0.15, 0.2) is 5.96 Å². The van der Waals surface area contributed by atoms with E-state index >= 15 is 0 Å². The van der Waals surface area contributed by atoms with E-state index in [4.69, 9.17) is 4.42 Å². The van der Waals surface area contributed by atoms with Crippen LogP contribution in [0.15, 0.2) is 27.8 Å². The first-order valence-electron chi connectivity index (χ1n) is 8.66. The highest BCUT2D eigenvalue weighted by Gasteiger charge is 2.30. The van der Waals surface area contributed by atoms with Crippen LogP contribution in [0.2, 0.25) is 0 Å². The van der Waals surface area contributed by atoms with Crippen molar-refractivity contribution >= 4 is 29.9 Å². The number of hydrogen-bond acceptors (Lipinski definition) is 3. The van der Waals surface area contributed by atoms with Gasteiger partial charge in [-0.1, -0.05) is 12.8 Å². The van der Waals surface area contributed by atoms with E-state index in [-0.39, 0.29) is 24.0 Å². The molecule has 0 amide bonds. The van der Waals surface area contributed by atoms with Crippen LogP contribution >= 0.6 is 24.0 Å². The van der Waals surface area contributed by atoms with Crippen molar-refractivity contribution in [1.29, 1.82) is 0 Å². The summed E-state index contributed by atoms with van der Waals surface area (Å²) >= 11 is 0. The highest BCUT2D eigenvalue weighted by atomic mass is 127. The minimum absolute atomic E-state index is 0. The standard InChI is InChI=1S/C17H28N4O.HI/c1-2-18-17(19-12-16-8-5-11-22-16)20-14-9-10-21(13-14)15-6-3-4-7-15;/h5,8,11,14-15H,2-4,6-7,9-10,12-13H2,1H3,(H2,18,19,20);1H. The van der Waals surface area contributed by atoms with Gasteiger partial charge in [0.2, 0.25) is 0 Å². The third-order valence-corrected chi connectivity index (χ3v) is 4.72. The minimum atomic E-state index is 0. The van der Waals surface area contributed by atoms with E-state index in [0.29, 0.717) is 12.6 Å². The summed E-state index contributed by atoms with van der Waals surface area (Å²) in [5.74, 6) is 1.80. The molecule has 2 fully saturated rings. The lowest BCUT2D eigenvalue weighted by atomic mass is 10.2. The summed E-state index contributed by atoms with van der Waals surface area (Å²) in [6.07, 6.45) is 8.50. The average Bonchev–Trinajstić information content (AvgIpc) is 3.26. The summed E-state index contributed by atoms with van der Waals surface area (Å²) in [7, 11) is 0. The van der Waals surface area contributed by atoms with Crippen LogP contribution in [0.1, 0.15) is 44.8 Å². The summed E-state index contributed by atoms with van der Waals surface area (Å²) in [5.41, 5.74) is 0. The molecule has 1 aromatic rings. The van der Waals surface area contributed by atoms with Crippen LogP contribution in [0.3, 0.4) is 0 Å². The van der Waals surface area contributed by atoms with Crippen molar-refractivity contribution in [2.75, 3.05) is 19.6 Å². The Kier molecular flexibility index (Phi) is 7.69. The normalized spacial score (nSPS) is 23.0. The molecule has 23 heavy (non-hydrogen) atoms. The van der Waals surface area contributed by atoms with E-state index in [1.54, 1.807) is 6.26 Å². The summed E-state index contributed by atoms with van der Waals surface area (Å²) in [6.45, 7) is 5.93. The average molecular weight is 432 g/mol. The lowest BCUT2D eigenvalue weighted by Crippen LogP contribution is -2.45. The Morgan fingerprint density at radius 3 is 2.87 bits per heavy atom. The van der Waals surface area contributed by atoms with Crippen molar-refractivity contribution in [2.24, 2.45) is 4.99 Å². The Morgan fingerprint density at radius 1 is 1.35 bits per heavy atom. The number of guanidine groups is 1. The first kappa shape index (κ1) is 18.6. The van der Waals surface area contributed by atoms with Crippen molar-refractivity contribution < 1.29 is 4.42 Å². The van der Waals surface area contributed by atoms with Gasteiger partial charge in [-0.2, -0.15) is 0 Å². The molecule has 2 N–H and O–H groups in total. The summed E-state index contributed by atoms with van der Waals surface area (Å²) < 4.78 is 5.35. The van der Waals surface area contributed by atoms with Gasteiger partial charge >= 0.3 is 0 Å². The van der Waals surface area contributed by atoms with Gasteiger partial charge in [-0.05, 0) is 38.3 Å². The van der Waals surface area contributed by atoms with Crippen molar-refractivity contribution in [2.45, 2.75) is 57.7 Å². The van der Waals surface area contributed by atoms with Crippen molar-refractivity contribution in [3.63, 3.8) is 0 Å². The fourth-order valence-electron chi connectivity index (χ4n) is 3.58. The number of hydrogen-bond donors (Lipinski definition) is 2. The second-order valence-electron chi connectivity index (χ2n) is 6.34. The van der Waals surface area contributed by atoms with Crippen molar-refractivity contribution in [3.05, 3.63) is 24.2 Å². The Hall–Kier alpha value is -0.760.